The predicted octanol–water partition coefficient (Wildman–Crippen LogP) is 4.82. The number of ether oxygens (including phenoxy) is 1. The van der Waals surface area contributed by atoms with Gasteiger partial charge in [0, 0.05) is 21.8 Å². The molecule has 126 valence electrons. The second kappa shape index (κ2) is 5.71. The maximum absolute atomic E-state index is 6.11. The van der Waals surface area contributed by atoms with E-state index in [4.69, 9.17) is 9.57 Å². The van der Waals surface area contributed by atoms with Crippen molar-refractivity contribution < 1.29 is 9.57 Å². The standard InChI is InChI=1S/C20H23NO2S/c1-20(2)15-11-13(24-4)9-10-17(15)21(22-3)19-14-7-5-6-8-18(14)23-12-16(19)20/h5-11,16,19H,12H2,1-4H3/t16-,19+/m0/s1. The summed E-state index contributed by atoms with van der Waals surface area (Å²) in [6.45, 7) is 5.37. The van der Waals surface area contributed by atoms with Crippen LogP contribution >= 0.6 is 11.8 Å². The Bertz CT molecular complexity index is 774. The molecule has 0 radical (unpaired) electrons. The van der Waals surface area contributed by atoms with Gasteiger partial charge < -0.3 is 4.74 Å². The lowest BCUT2D eigenvalue weighted by Gasteiger charge is -2.52. The number of thioether (sulfide) groups is 1. The molecule has 0 aliphatic carbocycles. The monoisotopic (exact) mass is 341 g/mol. The molecule has 0 saturated heterocycles. The summed E-state index contributed by atoms with van der Waals surface area (Å²) in [7, 11) is 1.76. The molecular weight excluding hydrogens is 318 g/mol. The zero-order chi connectivity index (χ0) is 16.9. The van der Waals surface area contributed by atoms with E-state index in [1.807, 2.05) is 6.07 Å². The third-order valence-electron chi connectivity index (χ3n) is 5.55. The number of anilines is 1. The largest absolute Gasteiger partial charge is 0.493 e. The predicted molar refractivity (Wildman–Crippen MR) is 98.9 cm³/mol. The van der Waals surface area contributed by atoms with Crippen LogP contribution in [0.4, 0.5) is 5.69 Å². The molecule has 4 rings (SSSR count). The van der Waals surface area contributed by atoms with Crippen molar-refractivity contribution in [1.29, 1.82) is 0 Å². The number of hydroxylamine groups is 1. The number of rotatable bonds is 2. The lowest BCUT2D eigenvalue weighted by molar-refractivity contribution is 0.0440. The second-order valence-electron chi connectivity index (χ2n) is 7.01. The summed E-state index contributed by atoms with van der Waals surface area (Å²) in [4.78, 5) is 7.17. The molecule has 2 aliphatic rings. The van der Waals surface area contributed by atoms with Gasteiger partial charge in [0.15, 0.2) is 0 Å². The van der Waals surface area contributed by atoms with E-state index in [-0.39, 0.29) is 11.5 Å². The fourth-order valence-electron chi connectivity index (χ4n) is 4.15. The van der Waals surface area contributed by atoms with Crippen molar-refractivity contribution in [3.8, 4) is 5.75 Å². The molecule has 0 N–H and O–H groups in total. The first-order valence-electron chi connectivity index (χ1n) is 8.31. The minimum absolute atomic E-state index is 0.00824. The normalized spacial score (nSPS) is 23.8. The molecule has 0 amide bonds. The SMILES string of the molecule is CON1c2ccc(SC)cc2C(C)(C)[C@H]2COc3ccccc3[C@H]21. The van der Waals surface area contributed by atoms with Crippen LogP contribution in [-0.4, -0.2) is 20.0 Å². The molecule has 2 aromatic carbocycles. The summed E-state index contributed by atoms with van der Waals surface area (Å²) < 4.78 is 6.11. The van der Waals surface area contributed by atoms with Gasteiger partial charge in [-0.25, -0.2) is 5.06 Å². The first kappa shape index (κ1) is 15.9. The van der Waals surface area contributed by atoms with E-state index in [0.29, 0.717) is 12.5 Å². The van der Waals surface area contributed by atoms with Crippen molar-refractivity contribution in [2.24, 2.45) is 5.92 Å². The highest BCUT2D eigenvalue weighted by Gasteiger charge is 2.50. The summed E-state index contributed by atoms with van der Waals surface area (Å²) in [6, 6.07) is 15.2. The average Bonchev–Trinajstić information content (AvgIpc) is 2.61. The molecule has 2 aliphatic heterocycles. The van der Waals surface area contributed by atoms with Crippen LogP contribution in [0.25, 0.3) is 0 Å². The number of hydrogen-bond donors (Lipinski definition) is 0. The van der Waals surface area contributed by atoms with Crippen LogP contribution in [0, 0.1) is 5.92 Å². The van der Waals surface area contributed by atoms with Crippen LogP contribution in [0.2, 0.25) is 0 Å². The maximum Gasteiger partial charge on any atom is 0.124 e. The summed E-state index contributed by atoms with van der Waals surface area (Å²) in [5.74, 6) is 1.30. The fourth-order valence-corrected chi connectivity index (χ4v) is 4.59. The Kier molecular flexibility index (Phi) is 3.77. The Morgan fingerprint density at radius 1 is 1.21 bits per heavy atom. The van der Waals surface area contributed by atoms with E-state index in [1.165, 1.54) is 21.7 Å². The third kappa shape index (κ3) is 2.16. The molecule has 0 aromatic heterocycles. The quantitative estimate of drug-likeness (QED) is 0.730. The summed E-state index contributed by atoms with van der Waals surface area (Å²) in [5.41, 5.74) is 3.72. The first-order valence-corrected chi connectivity index (χ1v) is 9.54. The number of hydrogen-bond acceptors (Lipinski definition) is 4. The molecule has 3 nitrogen and oxygen atoms in total. The number of fused-ring (bicyclic) bond motifs is 4. The molecule has 0 unspecified atom stereocenters. The van der Waals surface area contributed by atoms with Crippen molar-refractivity contribution in [1.82, 2.24) is 0 Å². The maximum atomic E-state index is 6.11. The number of para-hydroxylation sites is 1. The lowest BCUT2D eigenvalue weighted by atomic mass is 9.65. The van der Waals surface area contributed by atoms with Gasteiger partial charge in [0.05, 0.1) is 25.4 Å². The van der Waals surface area contributed by atoms with E-state index in [0.717, 1.165) is 5.75 Å². The van der Waals surface area contributed by atoms with Crippen molar-refractivity contribution in [2.75, 3.05) is 25.0 Å². The molecule has 0 fully saturated rings. The average molecular weight is 341 g/mol. The van der Waals surface area contributed by atoms with Crippen molar-refractivity contribution >= 4 is 17.4 Å². The van der Waals surface area contributed by atoms with E-state index in [9.17, 15) is 0 Å². The second-order valence-corrected chi connectivity index (χ2v) is 7.89. The molecule has 0 saturated carbocycles. The smallest absolute Gasteiger partial charge is 0.124 e. The molecule has 0 bridgehead atoms. The van der Waals surface area contributed by atoms with E-state index in [2.05, 4.69) is 61.6 Å². The molecular formula is C20H23NO2S. The van der Waals surface area contributed by atoms with Crippen molar-refractivity contribution in [2.45, 2.75) is 30.2 Å². The highest BCUT2D eigenvalue weighted by molar-refractivity contribution is 7.98. The van der Waals surface area contributed by atoms with Crippen molar-refractivity contribution in [3.63, 3.8) is 0 Å². The van der Waals surface area contributed by atoms with Crippen LogP contribution in [-0.2, 0) is 10.3 Å². The van der Waals surface area contributed by atoms with E-state index < -0.39 is 0 Å². The van der Waals surface area contributed by atoms with Gasteiger partial charge in [-0.05, 0) is 36.1 Å². The minimum Gasteiger partial charge on any atom is -0.493 e. The number of benzene rings is 2. The Morgan fingerprint density at radius 2 is 2.00 bits per heavy atom. The molecule has 2 heterocycles. The lowest BCUT2D eigenvalue weighted by Crippen LogP contribution is -2.51. The highest BCUT2D eigenvalue weighted by Crippen LogP contribution is 2.55. The highest BCUT2D eigenvalue weighted by atomic mass is 32.2. The van der Waals surface area contributed by atoms with Gasteiger partial charge in [-0.2, -0.15) is 0 Å². The van der Waals surface area contributed by atoms with E-state index >= 15 is 0 Å². The number of nitrogens with zero attached hydrogens (tertiary/aromatic N) is 1. The van der Waals surface area contributed by atoms with E-state index in [1.54, 1.807) is 18.9 Å². The van der Waals surface area contributed by atoms with Gasteiger partial charge in [-0.1, -0.05) is 32.0 Å². The van der Waals surface area contributed by atoms with Gasteiger partial charge in [0.25, 0.3) is 0 Å². The van der Waals surface area contributed by atoms with Gasteiger partial charge in [0.1, 0.15) is 5.75 Å². The van der Waals surface area contributed by atoms with Crippen LogP contribution in [0.15, 0.2) is 47.4 Å². The summed E-state index contributed by atoms with van der Waals surface area (Å²) in [6.07, 6.45) is 2.12. The first-order chi connectivity index (χ1) is 11.6. The van der Waals surface area contributed by atoms with Gasteiger partial charge in [-0.15, -0.1) is 11.8 Å². The molecule has 4 heteroatoms. The Labute approximate surface area is 147 Å². The zero-order valence-electron chi connectivity index (χ0n) is 14.6. The minimum atomic E-state index is 0.00824. The van der Waals surface area contributed by atoms with Crippen LogP contribution in [0.5, 0.6) is 5.75 Å². The molecule has 24 heavy (non-hydrogen) atoms. The Balaban J connectivity index is 1.93. The van der Waals surface area contributed by atoms with Crippen LogP contribution in [0.3, 0.4) is 0 Å². The molecule has 2 atom stereocenters. The van der Waals surface area contributed by atoms with Crippen molar-refractivity contribution in [3.05, 3.63) is 53.6 Å². The Hall–Kier alpha value is -1.65. The topological polar surface area (TPSA) is 21.7 Å². The van der Waals surface area contributed by atoms with Crippen LogP contribution in [0.1, 0.15) is 31.0 Å². The van der Waals surface area contributed by atoms with Gasteiger partial charge in [-0.3, -0.25) is 4.84 Å². The van der Waals surface area contributed by atoms with Gasteiger partial charge in [0.2, 0.25) is 0 Å². The van der Waals surface area contributed by atoms with Crippen LogP contribution < -0.4 is 9.80 Å². The third-order valence-corrected chi connectivity index (χ3v) is 6.27. The Morgan fingerprint density at radius 3 is 2.75 bits per heavy atom. The summed E-state index contributed by atoms with van der Waals surface area (Å²) in [5, 5.41) is 2.08. The zero-order valence-corrected chi connectivity index (χ0v) is 15.4. The molecule has 2 aromatic rings. The fraction of sp³-hybridized carbons (Fsp3) is 0.400. The molecule has 0 spiro atoms. The summed E-state index contributed by atoms with van der Waals surface area (Å²) >= 11 is 1.78. The van der Waals surface area contributed by atoms with Gasteiger partial charge >= 0.3 is 0 Å².